The molecule has 0 amide bonds. The molecule has 1 N–H and O–H groups in total. The lowest BCUT2D eigenvalue weighted by Gasteiger charge is -2.29. The summed E-state index contributed by atoms with van der Waals surface area (Å²) in [6.07, 6.45) is 3.22. The number of Topliss-reactive ketones (excluding diaryl/α,β-unsaturated/α-hetero) is 1. The molecule has 0 saturated heterocycles. The van der Waals surface area contributed by atoms with E-state index in [-0.39, 0.29) is 5.78 Å². The highest BCUT2D eigenvalue weighted by atomic mass is 16.5. The van der Waals surface area contributed by atoms with Crippen LogP contribution in [0, 0.1) is 0 Å². The largest absolute Gasteiger partial charge is 0.497 e. The molecule has 0 spiro atoms. The number of hydrogen-bond donors (Lipinski definition) is 1. The molecule has 1 unspecified atom stereocenters. The zero-order valence-corrected chi connectivity index (χ0v) is 9.93. The Morgan fingerprint density at radius 3 is 2.59 bits per heavy atom. The van der Waals surface area contributed by atoms with Gasteiger partial charge in [0.2, 0.25) is 0 Å². The van der Waals surface area contributed by atoms with Gasteiger partial charge in [-0.3, -0.25) is 10.0 Å². The first-order chi connectivity index (χ1) is 8.22. The summed E-state index contributed by atoms with van der Waals surface area (Å²) < 4.78 is 5.05. The minimum absolute atomic E-state index is 0.120. The molecule has 1 aromatic rings. The first-order valence-corrected chi connectivity index (χ1v) is 5.87. The van der Waals surface area contributed by atoms with Crippen molar-refractivity contribution in [3.05, 3.63) is 24.3 Å². The number of carbonyl (C=O) groups is 1. The quantitative estimate of drug-likeness (QED) is 0.817. The van der Waals surface area contributed by atoms with E-state index in [0.717, 1.165) is 30.1 Å². The van der Waals surface area contributed by atoms with Crippen LogP contribution in [0.2, 0.25) is 0 Å². The van der Waals surface area contributed by atoms with Crippen LogP contribution in [-0.4, -0.2) is 24.1 Å². The molecule has 4 heteroatoms. The molecule has 1 fully saturated rings. The molecular weight excluding hydrogens is 218 g/mol. The average Bonchev–Trinajstić information content (AvgIpc) is 2.39. The number of ketones is 1. The Morgan fingerprint density at radius 2 is 2.00 bits per heavy atom. The predicted octanol–water partition coefficient (Wildman–Crippen LogP) is 2.40. The van der Waals surface area contributed by atoms with Gasteiger partial charge in [0.25, 0.3) is 0 Å². The van der Waals surface area contributed by atoms with Gasteiger partial charge in [0.15, 0.2) is 5.78 Å². The van der Waals surface area contributed by atoms with Crippen LogP contribution in [0.25, 0.3) is 0 Å². The SMILES string of the molecule is COc1ccc(N(O)C2CCCCC2=O)cc1. The van der Waals surface area contributed by atoms with E-state index in [0.29, 0.717) is 12.1 Å². The molecule has 0 aromatic heterocycles. The molecule has 0 radical (unpaired) electrons. The lowest BCUT2D eigenvalue weighted by molar-refractivity contribution is -0.123. The number of anilines is 1. The van der Waals surface area contributed by atoms with Crippen LogP contribution in [0.4, 0.5) is 5.69 Å². The maximum Gasteiger partial charge on any atom is 0.157 e. The topological polar surface area (TPSA) is 49.8 Å². The molecule has 2 rings (SSSR count). The van der Waals surface area contributed by atoms with E-state index in [4.69, 9.17) is 4.74 Å². The fraction of sp³-hybridized carbons (Fsp3) is 0.462. The third-order valence-electron chi connectivity index (χ3n) is 3.15. The highest BCUT2D eigenvalue weighted by Gasteiger charge is 2.27. The van der Waals surface area contributed by atoms with Gasteiger partial charge in [-0.1, -0.05) is 6.42 Å². The van der Waals surface area contributed by atoms with Gasteiger partial charge in [0.1, 0.15) is 11.8 Å². The number of benzene rings is 1. The van der Waals surface area contributed by atoms with E-state index < -0.39 is 6.04 Å². The summed E-state index contributed by atoms with van der Waals surface area (Å²) >= 11 is 0. The second kappa shape index (κ2) is 5.19. The summed E-state index contributed by atoms with van der Waals surface area (Å²) in [4.78, 5) is 11.7. The zero-order chi connectivity index (χ0) is 12.3. The number of carbonyl (C=O) groups excluding carboxylic acids is 1. The Hall–Kier alpha value is -1.55. The van der Waals surface area contributed by atoms with Gasteiger partial charge >= 0.3 is 0 Å². The smallest absolute Gasteiger partial charge is 0.157 e. The summed E-state index contributed by atoms with van der Waals surface area (Å²) in [5.41, 5.74) is 0.631. The molecule has 17 heavy (non-hydrogen) atoms. The maximum absolute atomic E-state index is 11.7. The molecule has 1 aromatic carbocycles. The first kappa shape index (κ1) is 11.9. The Kier molecular flexibility index (Phi) is 3.64. The molecule has 92 valence electrons. The Morgan fingerprint density at radius 1 is 1.29 bits per heavy atom. The van der Waals surface area contributed by atoms with E-state index in [1.165, 1.54) is 0 Å². The molecule has 1 atom stereocenters. The van der Waals surface area contributed by atoms with E-state index in [9.17, 15) is 10.0 Å². The summed E-state index contributed by atoms with van der Waals surface area (Å²) in [7, 11) is 1.59. The Bertz CT molecular complexity index is 388. The van der Waals surface area contributed by atoms with Crippen molar-refractivity contribution in [2.45, 2.75) is 31.7 Å². The van der Waals surface area contributed by atoms with Crippen molar-refractivity contribution < 1.29 is 14.7 Å². The molecule has 0 aliphatic heterocycles. The molecular formula is C13H17NO3. The summed E-state index contributed by atoms with van der Waals surface area (Å²) in [5.74, 6) is 0.853. The number of hydroxylamine groups is 1. The molecule has 0 heterocycles. The molecule has 1 saturated carbocycles. The normalized spacial score (nSPS) is 20.1. The molecule has 1 aliphatic carbocycles. The standard InChI is InChI=1S/C13H17NO3/c1-17-11-8-6-10(7-9-11)14(16)12-4-2-3-5-13(12)15/h6-9,12,16H,2-5H2,1H3. The van der Waals surface area contributed by atoms with Crippen molar-refractivity contribution in [1.29, 1.82) is 0 Å². The van der Waals surface area contributed by atoms with Crippen molar-refractivity contribution in [2.24, 2.45) is 0 Å². The van der Waals surface area contributed by atoms with Crippen LogP contribution < -0.4 is 9.80 Å². The Labute approximate surface area is 101 Å². The van der Waals surface area contributed by atoms with E-state index >= 15 is 0 Å². The van der Waals surface area contributed by atoms with Crippen molar-refractivity contribution >= 4 is 11.5 Å². The van der Waals surface area contributed by atoms with Crippen molar-refractivity contribution in [2.75, 3.05) is 12.2 Å². The third-order valence-corrected chi connectivity index (χ3v) is 3.15. The molecule has 0 bridgehead atoms. The van der Waals surface area contributed by atoms with E-state index in [1.54, 1.807) is 31.4 Å². The van der Waals surface area contributed by atoms with E-state index in [2.05, 4.69) is 0 Å². The van der Waals surface area contributed by atoms with Gasteiger partial charge in [-0.05, 0) is 37.1 Å². The predicted molar refractivity (Wildman–Crippen MR) is 64.5 cm³/mol. The van der Waals surface area contributed by atoms with E-state index in [1.807, 2.05) is 0 Å². The van der Waals surface area contributed by atoms with Gasteiger partial charge in [-0.15, -0.1) is 0 Å². The maximum atomic E-state index is 11.7. The van der Waals surface area contributed by atoms with Crippen LogP contribution in [0.15, 0.2) is 24.3 Å². The minimum Gasteiger partial charge on any atom is -0.497 e. The van der Waals surface area contributed by atoms with Gasteiger partial charge in [-0.25, -0.2) is 5.06 Å². The van der Waals surface area contributed by atoms with Crippen LogP contribution in [0.1, 0.15) is 25.7 Å². The summed E-state index contributed by atoms with van der Waals surface area (Å²) in [6, 6.07) is 6.65. The van der Waals surface area contributed by atoms with Crippen molar-refractivity contribution in [3.8, 4) is 5.75 Å². The van der Waals surface area contributed by atoms with Crippen LogP contribution >= 0.6 is 0 Å². The van der Waals surface area contributed by atoms with Crippen molar-refractivity contribution in [3.63, 3.8) is 0 Å². The van der Waals surface area contributed by atoms with Gasteiger partial charge < -0.3 is 4.74 Å². The number of ether oxygens (including phenoxy) is 1. The lowest BCUT2D eigenvalue weighted by atomic mass is 9.93. The summed E-state index contributed by atoms with van der Waals surface area (Å²) in [5, 5.41) is 11.1. The van der Waals surface area contributed by atoms with Gasteiger partial charge in [0, 0.05) is 6.42 Å². The fourth-order valence-corrected chi connectivity index (χ4v) is 2.14. The first-order valence-electron chi connectivity index (χ1n) is 5.87. The highest BCUT2D eigenvalue weighted by Crippen LogP contribution is 2.25. The number of nitrogens with zero attached hydrogens (tertiary/aromatic N) is 1. The average molecular weight is 235 g/mol. The number of hydrogen-bond acceptors (Lipinski definition) is 4. The van der Waals surface area contributed by atoms with Crippen LogP contribution in [0.5, 0.6) is 5.75 Å². The van der Waals surface area contributed by atoms with Gasteiger partial charge in [0.05, 0.1) is 12.8 Å². The number of methoxy groups -OCH3 is 1. The zero-order valence-electron chi connectivity index (χ0n) is 9.93. The lowest BCUT2D eigenvalue weighted by Crippen LogP contribution is -2.40. The third kappa shape index (κ3) is 2.58. The van der Waals surface area contributed by atoms with Gasteiger partial charge in [-0.2, -0.15) is 0 Å². The fourth-order valence-electron chi connectivity index (χ4n) is 2.14. The monoisotopic (exact) mass is 235 g/mol. The van der Waals surface area contributed by atoms with Crippen LogP contribution in [0.3, 0.4) is 0 Å². The minimum atomic E-state index is -0.392. The second-order valence-electron chi connectivity index (χ2n) is 4.27. The van der Waals surface area contributed by atoms with Crippen molar-refractivity contribution in [1.82, 2.24) is 0 Å². The van der Waals surface area contributed by atoms with Crippen LogP contribution in [-0.2, 0) is 4.79 Å². The molecule has 4 nitrogen and oxygen atoms in total. The second-order valence-corrected chi connectivity index (χ2v) is 4.27. The summed E-state index contributed by atoms with van der Waals surface area (Å²) in [6.45, 7) is 0. The molecule has 1 aliphatic rings. The number of rotatable bonds is 3. The highest BCUT2D eigenvalue weighted by molar-refractivity contribution is 5.87. The Balaban J connectivity index is 2.12.